The number of nitrogens with one attached hydrogen (secondary N) is 1. The molecule has 1 fully saturated rings. The molecule has 0 bridgehead atoms. The normalized spacial score (nSPS) is 16.7. The summed E-state index contributed by atoms with van der Waals surface area (Å²) >= 11 is 0. The fraction of sp³-hybridized carbons (Fsp3) is 0.429. The molecule has 0 aromatic carbocycles. The second-order valence-electron chi connectivity index (χ2n) is 5.01. The molecule has 3 heterocycles. The second-order valence-corrected chi connectivity index (χ2v) is 5.01. The Morgan fingerprint density at radius 3 is 3.00 bits per heavy atom. The van der Waals surface area contributed by atoms with E-state index in [2.05, 4.69) is 10.3 Å². The van der Waals surface area contributed by atoms with Gasteiger partial charge in [0.25, 0.3) is 5.91 Å². The third-order valence-electron chi connectivity index (χ3n) is 3.81. The second kappa shape index (κ2) is 5.01. The smallest absolute Gasteiger partial charge is 0.255 e. The van der Waals surface area contributed by atoms with Crippen LogP contribution in [0.1, 0.15) is 23.2 Å². The largest absolute Gasteiger partial charge is 0.339 e. The van der Waals surface area contributed by atoms with Crippen molar-refractivity contribution in [3.8, 4) is 0 Å². The number of carbonyl (C=O) groups is 1. The van der Waals surface area contributed by atoms with Gasteiger partial charge in [0.15, 0.2) is 0 Å². The maximum Gasteiger partial charge on any atom is 0.255 e. The lowest BCUT2D eigenvalue weighted by Gasteiger charge is -2.31. The lowest BCUT2D eigenvalue weighted by Crippen LogP contribution is -2.44. The summed E-state index contributed by atoms with van der Waals surface area (Å²) in [6.07, 6.45) is 7.49. The molecule has 5 nitrogen and oxygen atoms in total. The van der Waals surface area contributed by atoms with Gasteiger partial charge < -0.3 is 14.6 Å². The Balaban J connectivity index is 1.81. The molecule has 0 radical (unpaired) electrons. The number of pyridine rings is 1. The number of carbonyl (C=O) groups excluding carboxylic acids is 1. The molecule has 2 aromatic rings. The van der Waals surface area contributed by atoms with E-state index in [1.807, 2.05) is 40.9 Å². The number of rotatable bonds is 2. The highest BCUT2D eigenvalue weighted by Gasteiger charge is 2.22. The summed E-state index contributed by atoms with van der Waals surface area (Å²) in [7, 11) is 1.90. The fourth-order valence-electron chi connectivity index (χ4n) is 2.61. The molecule has 19 heavy (non-hydrogen) atoms. The number of fused-ring (bicyclic) bond motifs is 1. The zero-order valence-corrected chi connectivity index (χ0v) is 11.0. The van der Waals surface area contributed by atoms with Crippen molar-refractivity contribution in [2.75, 3.05) is 20.1 Å². The molecule has 5 heteroatoms. The molecule has 100 valence electrons. The average molecular weight is 258 g/mol. The van der Waals surface area contributed by atoms with E-state index in [4.69, 9.17) is 0 Å². The standard InChI is InChI=1S/C14H18N4O/c1-17(12-4-6-15-7-5-12)14(19)11-2-3-13-16-8-9-18(13)10-11/h2-3,8-10,12,15H,4-7H2,1H3. The van der Waals surface area contributed by atoms with Crippen LogP contribution in [0.15, 0.2) is 30.7 Å². The molecule has 2 aromatic heterocycles. The molecule has 3 rings (SSSR count). The molecule has 1 N–H and O–H groups in total. The highest BCUT2D eigenvalue weighted by molar-refractivity contribution is 5.94. The summed E-state index contributed by atoms with van der Waals surface area (Å²) in [4.78, 5) is 18.5. The topological polar surface area (TPSA) is 49.6 Å². The number of imidazole rings is 1. The molecule has 0 spiro atoms. The zero-order chi connectivity index (χ0) is 13.2. The van der Waals surface area contributed by atoms with Crippen LogP contribution in [0.3, 0.4) is 0 Å². The van der Waals surface area contributed by atoms with E-state index >= 15 is 0 Å². The summed E-state index contributed by atoms with van der Waals surface area (Å²) in [6, 6.07) is 4.07. The molecule has 0 aliphatic carbocycles. The lowest BCUT2D eigenvalue weighted by molar-refractivity contribution is 0.0702. The average Bonchev–Trinajstić information content (AvgIpc) is 2.94. The van der Waals surface area contributed by atoms with Crippen LogP contribution in [0.25, 0.3) is 5.65 Å². The minimum Gasteiger partial charge on any atom is -0.339 e. The first-order valence-corrected chi connectivity index (χ1v) is 6.66. The van der Waals surface area contributed by atoms with Crippen molar-refractivity contribution in [2.45, 2.75) is 18.9 Å². The van der Waals surface area contributed by atoms with Gasteiger partial charge in [-0.05, 0) is 38.1 Å². The molecule has 0 atom stereocenters. The van der Waals surface area contributed by atoms with Gasteiger partial charge in [0.1, 0.15) is 5.65 Å². The molecule has 1 aliphatic heterocycles. The number of hydrogen-bond acceptors (Lipinski definition) is 3. The maximum atomic E-state index is 12.5. The van der Waals surface area contributed by atoms with Gasteiger partial charge in [-0.15, -0.1) is 0 Å². The van der Waals surface area contributed by atoms with Crippen LogP contribution >= 0.6 is 0 Å². The minimum absolute atomic E-state index is 0.0856. The van der Waals surface area contributed by atoms with Gasteiger partial charge in [0.2, 0.25) is 0 Å². The molecular formula is C14H18N4O. The SMILES string of the molecule is CN(C(=O)c1ccc2nccn2c1)C1CCNCC1. The lowest BCUT2D eigenvalue weighted by atomic mass is 10.0. The van der Waals surface area contributed by atoms with Gasteiger partial charge >= 0.3 is 0 Å². The predicted octanol–water partition coefficient (Wildman–Crippen LogP) is 1.16. The first kappa shape index (κ1) is 12.2. The van der Waals surface area contributed by atoms with Gasteiger partial charge in [-0.1, -0.05) is 0 Å². The molecule has 0 saturated carbocycles. The van der Waals surface area contributed by atoms with Crippen LogP contribution < -0.4 is 5.32 Å². The number of amides is 1. The first-order valence-electron chi connectivity index (χ1n) is 6.66. The van der Waals surface area contributed by atoms with Crippen LogP contribution in [-0.2, 0) is 0 Å². The maximum absolute atomic E-state index is 12.5. The van der Waals surface area contributed by atoms with Gasteiger partial charge in [0.05, 0.1) is 5.56 Å². The molecular weight excluding hydrogens is 240 g/mol. The van der Waals surface area contributed by atoms with E-state index in [1.54, 1.807) is 6.20 Å². The number of hydrogen-bond donors (Lipinski definition) is 1. The van der Waals surface area contributed by atoms with E-state index in [0.29, 0.717) is 11.6 Å². The summed E-state index contributed by atoms with van der Waals surface area (Å²) in [5, 5.41) is 3.32. The summed E-state index contributed by atoms with van der Waals surface area (Å²) in [5.41, 5.74) is 1.58. The van der Waals surface area contributed by atoms with Gasteiger partial charge in [-0.3, -0.25) is 4.79 Å². The first-order chi connectivity index (χ1) is 9.25. The van der Waals surface area contributed by atoms with E-state index < -0.39 is 0 Å². The fourth-order valence-corrected chi connectivity index (χ4v) is 2.61. The summed E-state index contributed by atoms with van der Waals surface area (Å²) < 4.78 is 1.88. The Morgan fingerprint density at radius 2 is 2.21 bits per heavy atom. The van der Waals surface area contributed by atoms with Crippen LogP contribution in [-0.4, -0.2) is 46.4 Å². The van der Waals surface area contributed by atoms with E-state index in [9.17, 15) is 4.79 Å². The van der Waals surface area contributed by atoms with E-state index in [1.165, 1.54) is 0 Å². The van der Waals surface area contributed by atoms with Crippen molar-refractivity contribution in [1.29, 1.82) is 0 Å². The summed E-state index contributed by atoms with van der Waals surface area (Å²) in [5.74, 6) is 0.0856. The monoisotopic (exact) mass is 258 g/mol. The van der Waals surface area contributed by atoms with Crippen LogP contribution in [0.2, 0.25) is 0 Å². The molecule has 1 amide bonds. The Kier molecular flexibility index (Phi) is 3.21. The number of piperidine rings is 1. The van der Waals surface area contributed by atoms with Crippen LogP contribution in [0, 0.1) is 0 Å². The van der Waals surface area contributed by atoms with E-state index in [-0.39, 0.29) is 5.91 Å². The highest BCUT2D eigenvalue weighted by Crippen LogP contribution is 2.14. The Morgan fingerprint density at radius 1 is 1.42 bits per heavy atom. The Labute approximate surface area is 112 Å². The third kappa shape index (κ3) is 2.33. The third-order valence-corrected chi connectivity index (χ3v) is 3.81. The van der Waals surface area contributed by atoms with Crippen molar-refractivity contribution < 1.29 is 4.79 Å². The highest BCUT2D eigenvalue weighted by atomic mass is 16.2. The van der Waals surface area contributed by atoms with Crippen LogP contribution in [0.4, 0.5) is 0 Å². The van der Waals surface area contributed by atoms with Gasteiger partial charge in [0, 0.05) is 31.7 Å². The Bertz CT molecular complexity index is 586. The minimum atomic E-state index is 0.0856. The zero-order valence-electron chi connectivity index (χ0n) is 11.0. The predicted molar refractivity (Wildman–Crippen MR) is 73.2 cm³/mol. The van der Waals surface area contributed by atoms with Gasteiger partial charge in [-0.25, -0.2) is 4.98 Å². The van der Waals surface area contributed by atoms with Crippen molar-refractivity contribution >= 4 is 11.6 Å². The summed E-state index contributed by atoms with van der Waals surface area (Å²) in [6.45, 7) is 1.98. The number of aromatic nitrogens is 2. The van der Waals surface area contributed by atoms with Crippen molar-refractivity contribution in [3.63, 3.8) is 0 Å². The Hall–Kier alpha value is -1.88. The molecule has 0 unspecified atom stereocenters. The van der Waals surface area contributed by atoms with Gasteiger partial charge in [-0.2, -0.15) is 0 Å². The van der Waals surface area contributed by atoms with Crippen molar-refractivity contribution in [2.24, 2.45) is 0 Å². The van der Waals surface area contributed by atoms with Crippen LogP contribution in [0.5, 0.6) is 0 Å². The van der Waals surface area contributed by atoms with E-state index in [0.717, 1.165) is 31.6 Å². The molecule has 1 aliphatic rings. The number of nitrogens with zero attached hydrogens (tertiary/aromatic N) is 3. The van der Waals surface area contributed by atoms with Crippen molar-refractivity contribution in [1.82, 2.24) is 19.6 Å². The quantitative estimate of drug-likeness (QED) is 0.879. The van der Waals surface area contributed by atoms with Crippen molar-refractivity contribution in [3.05, 3.63) is 36.3 Å². The molecule has 1 saturated heterocycles.